The highest BCUT2D eigenvalue weighted by atomic mass is 16.5. The van der Waals surface area contributed by atoms with Crippen molar-refractivity contribution < 1.29 is 33.7 Å². The number of likely N-dealkylation sites (tertiary alicyclic amines) is 1. The minimum Gasteiger partial charge on any atom is -0.507 e. The van der Waals surface area contributed by atoms with E-state index in [2.05, 4.69) is 0 Å². The van der Waals surface area contributed by atoms with Crippen LogP contribution in [-0.2, 0) is 16.1 Å². The molecule has 3 aromatic rings. The fraction of sp³-hybridized carbons (Fsp3) is 0.167. The highest BCUT2D eigenvalue weighted by Crippen LogP contribution is 2.42. The quantitative estimate of drug-likeness (QED) is 0.346. The number of carbonyl (C=O) groups excluding carboxylic acids is 2. The molecule has 8 nitrogen and oxygen atoms in total. The Bertz CT molecular complexity index is 1200. The van der Waals surface area contributed by atoms with E-state index in [1.165, 1.54) is 37.5 Å². The SMILES string of the molecule is COc1cccc(C(O)=C2C(=O)C(=O)N(Cc3ccco3)[C@H]2c2ccc(O)c(OC)c2)c1. The van der Waals surface area contributed by atoms with Crippen LogP contribution in [-0.4, -0.2) is 41.0 Å². The molecule has 1 fully saturated rings. The minimum atomic E-state index is -0.930. The minimum absolute atomic E-state index is 0.0142. The first kappa shape index (κ1) is 21.0. The summed E-state index contributed by atoms with van der Waals surface area (Å²) in [7, 11) is 2.89. The predicted octanol–water partition coefficient (Wildman–Crippen LogP) is 3.62. The number of hydrogen-bond donors (Lipinski definition) is 2. The molecule has 4 rings (SSSR count). The van der Waals surface area contributed by atoms with Gasteiger partial charge in [0.1, 0.15) is 17.3 Å². The second-order valence-corrected chi connectivity index (χ2v) is 7.17. The number of aliphatic hydroxyl groups is 1. The summed E-state index contributed by atoms with van der Waals surface area (Å²) in [6.45, 7) is 0.0142. The number of amides is 1. The molecule has 0 unspecified atom stereocenters. The van der Waals surface area contributed by atoms with E-state index < -0.39 is 17.7 Å². The maximum Gasteiger partial charge on any atom is 0.296 e. The Morgan fingerprint density at radius 2 is 1.88 bits per heavy atom. The average Bonchev–Trinajstić information content (AvgIpc) is 3.41. The summed E-state index contributed by atoms with van der Waals surface area (Å²) < 4.78 is 15.8. The number of ketones is 1. The van der Waals surface area contributed by atoms with Gasteiger partial charge in [-0.2, -0.15) is 0 Å². The average molecular weight is 435 g/mol. The predicted molar refractivity (Wildman–Crippen MR) is 114 cm³/mol. The van der Waals surface area contributed by atoms with Crippen LogP contribution < -0.4 is 9.47 Å². The summed E-state index contributed by atoms with van der Waals surface area (Å²) >= 11 is 0. The van der Waals surface area contributed by atoms with Crippen LogP contribution in [0.3, 0.4) is 0 Å². The number of hydrogen-bond acceptors (Lipinski definition) is 7. The lowest BCUT2D eigenvalue weighted by Gasteiger charge is -2.25. The van der Waals surface area contributed by atoms with E-state index in [0.717, 1.165) is 0 Å². The van der Waals surface area contributed by atoms with Crippen LogP contribution in [0.5, 0.6) is 17.2 Å². The van der Waals surface area contributed by atoms with Gasteiger partial charge in [0.2, 0.25) is 0 Å². The number of phenols is 1. The standard InChI is InChI=1S/C24H21NO7/c1-30-16-6-3-5-15(11-16)22(27)20-21(14-8-9-18(26)19(12-14)31-2)25(24(29)23(20)28)13-17-7-4-10-32-17/h3-12,21,26-27H,13H2,1-2H3/t21-/m0/s1. The number of rotatable bonds is 6. The Morgan fingerprint density at radius 3 is 2.56 bits per heavy atom. The van der Waals surface area contributed by atoms with E-state index in [1.54, 1.807) is 42.5 Å². The summed E-state index contributed by atoms with van der Waals surface area (Å²) in [6, 6.07) is 13.5. The number of nitrogens with zero attached hydrogens (tertiary/aromatic N) is 1. The van der Waals surface area contributed by atoms with Crippen LogP contribution in [0.4, 0.5) is 0 Å². The largest absolute Gasteiger partial charge is 0.507 e. The second-order valence-electron chi connectivity index (χ2n) is 7.17. The second kappa shape index (κ2) is 8.50. The molecule has 8 heteroatoms. The van der Waals surface area contributed by atoms with Crippen molar-refractivity contribution in [1.29, 1.82) is 0 Å². The van der Waals surface area contributed by atoms with Crippen molar-refractivity contribution in [2.24, 2.45) is 0 Å². The van der Waals surface area contributed by atoms with Gasteiger partial charge in [0, 0.05) is 5.56 Å². The van der Waals surface area contributed by atoms with Gasteiger partial charge in [0.05, 0.1) is 38.6 Å². The molecule has 164 valence electrons. The van der Waals surface area contributed by atoms with Crippen molar-refractivity contribution in [1.82, 2.24) is 4.90 Å². The lowest BCUT2D eigenvalue weighted by molar-refractivity contribution is -0.140. The maximum absolute atomic E-state index is 13.1. The Balaban J connectivity index is 1.90. The molecule has 0 spiro atoms. The number of phenolic OH excluding ortho intramolecular Hbond substituents is 1. The molecule has 2 heterocycles. The number of carbonyl (C=O) groups is 2. The zero-order valence-electron chi connectivity index (χ0n) is 17.4. The zero-order chi connectivity index (χ0) is 22.8. The summed E-state index contributed by atoms with van der Waals surface area (Å²) in [4.78, 5) is 27.4. The van der Waals surface area contributed by atoms with Gasteiger partial charge in [-0.25, -0.2) is 0 Å². The molecular weight excluding hydrogens is 414 g/mol. The number of furan rings is 1. The molecule has 1 saturated heterocycles. The molecule has 1 aliphatic rings. The van der Waals surface area contributed by atoms with Crippen LogP contribution in [0.1, 0.15) is 22.9 Å². The van der Waals surface area contributed by atoms with Crippen molar-refractivity contribution in [3.05, 3.63) is 83.3 Å². The topological polar surface area (TPSA) is 109 Å². The number of methoxy groups -OCH3 is 2. The molecule has 1 aliphatic heterocycles. The van der Waals surface area contributed by atoms with E-state index in [-0.39, 0.29) is 29.4 Å². The highest BCUT2D eigenvalue weighted by Gasteiger charge is 2.46. The van der Waals surface area contributed by atoms with Crippen molar-refractivity contribution in [3.63, 3.8) is 0 Å². The molecular formula is C24H21NO7. The maximum atomic E-state index is 13.1. The third kappa shape index (κ3) is 3.66. The number of aliphatic hydroxyl groups excluding tert-OH is 1. The van der Waals surface area contributed by atoms with E-state index in [9.17, 15) is 19.8 Å². The Kier molecular flexibility index (Phi) is 5.59. The fourth-order valence-electron chi connectivity index (χ4n) is 3.75. The van der Waals surface area contributed by atoms with E-state index in [4.69, 9.17) is 13.9 Å². The molecule has 1 amide bonds. The zero-order valence-corrected chi connectivity index (χ0v) is 17.4. The van der Waals surface area contributed by atoms with Gasteiger partial charge >= 0.3 is 0 Å². The molecule has 2 aromatic carbocycles. The molecule has 0 radical (unpaired) electrons. The molecule has 1 atom stereocenters. The molecule has 1 aromatic heterocycles. The molecule has 0 aliphatic carbocycles. The lowest BCUT2D eigenvalue weighted by Crippen LogP contribution is -2.29. The first-order valence-electron chi connectivity index (χ1n) is 9.76. The van der Waals surface area contributed by atoms with Crippen LogP contribution in [0, 0.1) is 0 Å². The van der Waals surface area contributed by atoms with Gasteiger partial charge in [-0.05, 0) is 42.0 Å². The third-order valence-electron chi connectivity index (χ3n) is 5.31. The first-order chi connectivity index (χ1) is 15.4. The monoisotopic (exact) mass is 435 g/mol. The molecule has 32 heavy (non-hydrogen) atoms. The Hall–Kier alpha value is -4.20. The van der Waals surface area contributed by atoms with Gasteiger partial charge in [-0.1, -0.05) is 18.2 Å². The van der Waals surface area contributed by atoms with E-state index >= 15 is 0 Å². The van der Waals surface area contributed by atoms with Crippen molar-refractivity contribution in [3.8, 4) is 17.2 Å². The van der Waals surface area contributed by atoms with Crippen LogP contribution in [0.25, 0.3) is 5.76 Å². The van der Waals surface area contributed by atoms with Gasteiger partial charge in [0.25, 0.3) is 11.7 Å². The lowest BCUT2D eigenvalue weighted by atomic mass is 9.95. The molecule has 0 saturated carbocycles. The number of aromatic hydroxyl groups is 1. The highest BCUT2D eigenvalue weighted by molar-refractivity contribution is 6.46. The van der Waals surface area contributed by atoms with Crippen LogP contribution >= 0.6 is 0 Å². The Labute approximate surface area is 183 Å². The normalized spacial score (nSPS) is 17.6. The smallest absolute Gasteiger partial charge is 0.296 e. The fourth-order valence-corrected chi connectivity index (χ4v) is 3.75. The molecule has 0 bridgehead atoms. The van der Waals surface area contributed by atoms with Crippen molar-refractivity contribution in [2.45, 2.75) is 12.6 Å². The van der Waals surface area contributed by atoms with Crippen molar-refractivity contribution in [2.75, 3.05) is 14.2 Å². The molecule has 2 N–H and O–H groups in total. The van der Waals surface area contributed by atoms with E-state index in [1.807, 2.05) is 0 Å². The summed E-state index contributed by atoms with van der Waals surface area (Å²) in [5.41, 5.74) is 0.730. The summed E-state index contributed by atoms with van der Waals surface area (Å²) in [6.07, 6.45) is 1.47. The van der Waals surface area contributed by atoms with Crippen LogP contribution in [0.2, 0.25) is 0 Å². The van der Waals surface area contributed by atoms with Crippen molar-refractivity contribution >= 4 is 17.4 Å². The van der Waals surface area contributed by atoms with E-state index in [0.29, 0.717) is 22.6 Å². The van der Waals surface area contributed by atoms with Gasteiger partial charge < -0.3 is 29.0 Å². The Morgan fingerprint density at radius 1 is 1.06 bits per heavy atom. The van der Waals surface area contributed by atoms with Crippen LogP contribution in [0.15, 0.2) is 70.9 Å². The van der Waals surface area contributed by atoms with Gasteiger partial charge in [0.15, 0.2) is 11.5 Å². The number of ether oxygens (including phenoxy) is 2. The van der Waals surface area contributed by atoms with Gasteiger partial charge in [-0.3, -0.25) is 9.59 Å². The summed E-state index contributed by atoms with van der Waals surface area (Å²) in [5.74, 6) is -0.886. The third-order valence-corrected chi connectivity index (χ3v) is 5.31. The number of Topliss-reactive ketones (excluding diaryl/α,β-unsaturated/α-hetero) is 1. The number of benzene rings is 2. The van der Waals surface area contributed by atoms with Gasteiger partial charge in [-0.15, -0.1) is 0 Å². The first-order valence-corrected chi connectivity index (χ1v) is 9.76. The summed E-state index contributed by atoms with van der Waals surface area (Å²) in [5, 5.41) is 21.1.